The summed E-state index contributed by atoms with van der Waals surface area (Å²) in [5.41, 5.74) is 0. The van der Waals surface area contributed by atoms with Crippen molar-refractivity contribution < 1.29 is 17.7 Å². The first-order valence-corrected chi connectivity index (χ1v) is 7.79. The zero-order valence-electron chi connectivity index (χ0n) is 13.3. The molecule has 0 aromatic carbocycles. The fraction of sp³-hybridized carbons (Fsp3) is 0.786. The maximum atomic E-state index is 12.7. The highest BCUT2D eigenvalue weighted by Gasteiger charge is 2.41. The Morgan fingerprint density at radius 1 is 1.30 bits per heavy atom. The number of aromatic nitrogens is 2. The van der Waals surface area contributed by atoms with Gasteiger partial charge >= 0.3 is 6.18 Å². The van der Waals surface area contributed by atoms with Crippen LogP contribution >= 0.6 is 0 Å². The van der Waals surface area contributed by atoms with Crippen LogP contribution in [0.3, 0.4) is 0 Å². The van der Waals surface area contributed by atoms with Crippen LogP contribution in [-0.4, -0.2) is 34.9 Å². The van der Waals surface area contributed by atoms with E-state index in [0.29, 0.717) is 37.1 Å². The Kier molecular flexibility index (Phi) is 5.84. The molecule has 6 nitrogen and oxygen atoms in total. The third-order valence-corrected chi connectivity index (χ3v) is 3.82. The molecular weight excluding hydrogens is 311 g/mol. The predicted octanol–water partition coefficient (Wildman–Crippen LogP) is 2.55. The molecule has 2 N–H and O–H groups in total. The molecule has 0 radical (unpaired) electrons. The van der Waals surface area contributed by atoms with Crippen molar-refractivity contribution in [1.82, 2.24) is 20.8 Å². The first-order valence-electron chi connectivity index (χ1n) is 7.79. The monoisotopic (exact) mass is 333 g/mol. The lowest BCUT2D eigenvalue weighted by Crippen LogP contribution is -2.45. The lowest BCUT2D eigenvalue weighted by Gasteiger charge is -2.31. The van der Waals surface area contributed by atoms with E-state index in [1.165, 1.54) is 0 Å². The highest BCUT2D eigenvalue weighted by Crippen LogP contribution is 2.37. The van der Waals surface area contributed by atoms with Crippen LogP contribution in [0.4, 0.5) is 13.2 Å². The Morgan fingerprint density at radius 3 is 2.52 bits per heavy atom. The lowest BCUT2D eigenvalue weighted by atomic mass is 9.85. The molecular formula is C14H22F3N5O. The molecule has 1 aliphatic rings. The van der Waals surface area contributed by atoms with Gasteiger partial charge < -0.3 is 15.2 Å². The molecule has 2 rings (SSSR count). The number of aliphatic imine (C=N–C) groups is 1. The highest BCUT2D eigenvalue weighted by atomic mass is 19.4. The molecule has 23 heavy (non-hydrogen) atoms. The molecule has 1 aromatic rings. The smallest absolute Gasteiger partial charge is 0.357 e. The van der Waals surface area contributed by atoms with Crippen LogP contribution in [0, 0.1) is 12.8 Å². The van der Waals surface area contributed by atoms with E-state index < -0.39 is 12.1 Å². The van der Waals surface area contributed by atoms with E-state index in [1.807, 2.05) is 6.92 Å². The summed E-state index contributed by atoms with van der Waals surface area (Å²) in [7, 11) is 0. The topological polar surface area (TPSA) is 75.3 Å². The standard InChI is InChI=1S/C14H22F3N5O/c1-3-18-13(19-8-12-20-9(2)23-22-12)21-11-6-4-10(5-7-11)14(15,16)17/h10-11H,3-8H2,1-2H3,(H2,18,19,21). The summed E-state index contributed by atoms with van der Waals surface area (Å²) >= 11 is 0. The predicted molar refractivity (Wildman–Crippen MR) is 78.8 cm³/mol. The lowest BCUT2D eigenvalue weighted by molar-refractivity contribution is -0.182. The second kappa shape index (κ2) is 7.65. The minimum Gasteiger partial charge on any atom is -0.357 e. The first kappa shape index (κ1) is 17.6. The molecule has 0 bridgehead atoms. The van der Waals surface area contributed by atoms with Gasteiger partial charge in [-0.3, -0.25) is 0 Å². The van der Waals surface area contributed by atoms with Crippen LogP contribution in [-0.2, 0) is 6.54 Å². The van der Waals surface area contributed by atoms with Gasteiger partial charge in [-0.25, -0.2) is 4.99 Å². The zero-order valence-corrected chi connectivity index (χ0v) is 13.3. The van der Waals surface area contributed by atoms with Crippen molar-refractivity contribution >= 4 is 5.96 Å². The van der Waals surface area contributed by atoms with Gasteiger partial charge in [0.15, 0.2) is 11.8 Å². The number of alkyl halides is 3. The highest BCUT2D eigenvalue weighted by molar-refractivity contribution is 5.80. The number of aryl methyl sites for hydroxylation is 1. The van der Waals surface area contributed by atoms with Crippen molar-refractivity contribution in [3.8, 4) is 0 Å². The average Bonchev–Trinajstić information content (AvgIpc) is 2.90. The molecule has 1 aliphatic carbocycles. The van der Waals surface area contributed by atoms with E-state index in [-0.39, 0.29) is 25.4 Å². The van der Waals surface area contributed by atoms with Crippen LogP contribution in [0.1, 0.15) is 44.3 Å². The van der Waals surface area contributed by atoms with Crippen molar-refractivity contribution in [2.24, 2.45) is 10.9 Å². The van der Waals surface area contributed by atoms with Crippen molar-refractivity contribution in [3.05, 3.63) is 11.7 Å². The van der Waals surface area contributed by atoms with Gasteiger partial charge in [0.25, 0.3) is 0 Å². The van der Waals surface area contributed by atoms with E-state index in [0.717, 1.165) is 0 Å². The molecule has 0 saturated heterocycles. The number of hydrogen-bond donors (Lipinski definition) is 2. The normalized spacial score (nSPS) is 22.9. The third-order valence-electron chi connectivity index (χ3n) is 3.82. The Bertz CT molecular complexity index is 521. The van der Waals surface area contributed by atoms with Crippen LogP contribution in [0.25, 0.3) is 0 Å². The van der Waals surface area contributed by atoms with Gasteiger partial charge in [0.05, 0.1) is 5.92 Å². The van der Waals surface area contributed by atoms with Gasteiger partial charge in [-0.15, -0.1) is 0 Å². The van der Waals surface area contributed by atoms with E-state index in [1.54, 1.807) is 6.92 Å². The molecule has 9 heteroatoms. The van der Waals surface area contributed by atoms with Crippen LogP contribution in [0.15, 0.2) is 9.52 Å². The summed E-state index contributed by atoms with van der Waals surface area (Å²) in [6, 6.07) is -0.00148. The van der Waals surface area contributed by atoms with Crippen molar-refractivity contribution in [3.63, 3.8) is 0 Å². The molecule has 0 aliphatic heterocycles. The number of halogens is 3. The summed E-state index contributed by atoms with van der Waals surface area (Å²) in [5, 5.41) is 10.0. The number of guanidine groups is 1. The van der Waals surface area contributed by atoms with Crippen molar-refractivity contribution in [2.75, 3.05) is 6.54 Å². The summed E-state index contributed by atoms with van der Waals surface area (Å²) in [4.78, 5) is 8.41. The molecule has 1 aromatic heterocycles. The fourth-order valence-electron chi connectivity index (χ4n) is 2.63. The van der Waals surface area contributed by atoms with E-state index >= 15 is 0 Å². The van der Waals surface area contributed by atoms with E-state index in [2.05, 4.69) is 25.8 Å². The molecule has 1 fully saturated rings. The van der Waals surface area contributed by atoms with Gasteiger partial charge in [-0.2, -0.15) is 18.2 Å². The third kappa shape index (κ3) is 5.40. The zero-order chi connectivity index (χ0) is 16.9. The molecule has 130 valence electrons. The molecule has 0 amide bonds. The van der Waals surface area contributed by atoms with E-state index in [4.69, 9.17) is 4.52 Å². The molecule has 0 unspecified atom stereocenters. The van der Waals surface area contributed by atoms with Crippen molar-refractivity contribution in [2.45, 2.75) is 58.3 Å². The SMILES string of the molecule is CCNC(=NCc1noc(C)n1)NC1CCC(C(F)(F)F)CC1. The Morgan fingerprint density at radius 2 is 2.00 bits per heavy atom. The van der Waals surface area contributed by atoms with Gasteiger partial charge in [-0.1, -0.05) is 5.16 Å². The fourth-order valence-corrected chi connectivity index (χ4v) is 2.63. The second-order valence-corrected chi connectivity index (χ2v) is 5.66. The summed E-state index contributed by atoms with van der Waals surface area (Å²) in [6.45, 7) is 4.54. The van der Waals surface area contributed by atoms with E-state index in [9.17, 15) is 13.2 Å². The molecule has 0 atom stereocenters. The maximum absolute atomic E-state index is 12.7. The van der Waals surface area contributed by atoms with Gasteiger partial charge in [-0.05, 0) is 32.6 Å². The quantitative estimate of drug-likeness (QED) is 0.654. The number of nitrogens with one attached hydrogen (secondary N) is 2. The largest absolute Gasteiger partial charge is 0.391 e. The van der Waals surface area contributed by atoms with Crippen LogP contribution in [0.2, 0.25) is 0 Å². The number of hydrogen-bond acceptors (Lipinski definition) is 4. The number of nitrogens with zero attached hydrogens (tertiary/aromatic N) is 3. The summed E-state index contributed by atoms with van der Waals surface area (Å²) in [5.74, 6) is 0.326. The van der Waals surface area contributed by atoms with Gasteiger partial charge in [0, 0.05) is 19.5 Å². The number of rotatable bonds is 4. The molecule has 0 spiro atoms. The Labute approximate surface area is 132 Å². The Hall–Kier alpha value is -1.80. The molecule has 1 saturated carbocycles. The molecule has 1 heterocycles. The van der Waals surface area contributed by atoms with Crippen LogP contribution < -0.4 is 10.6 Å². The maximum Gasteiger partial charge on any atom is 0.391 e. The average molecular weight is 333 g/mol. The Balaban J connectivity index is 1.87. The first-order chi connectivity index (χ1) is 10.9. The second-order valence-electron chi connectivity index (χ2n) is 5.66. The van der Waals surface area contributed by atoms with Gasteiger partial charge in [0.2, 0.25) is 5.89 Å². The minimum atomic E-state index is -4.08. The minimum absolute atomic E-state index is 0.00148. The van der Waals surface area contributed by atoms with Crippen molar-refractivity contribution in [1.29, 1.82) is 0 Å². The van der Waals surface area contributed by atoms with Crippen LogP contribution in [0.5, 0.6) is 0 Å². The van der Waals surface area contributed by atoms with Gasteiger partial charge in [0.1, 0.15) is 6.54 Å². The summed E-state index contributed by atoms with van der Waals surface area (Å²) < 4.78 is 42.9. The summed E-state index contributed by atoms with van der Waals surface area (Å²) in [6.07, 6.45) is -2.80.